The van der Waals surface area contributed by atoms with E-state index in [4.69, 9.17) is 4.74 Å². The zero-order valence-corrected chi connectivity index (χ0v) is 15.6. The summed E-state index contributed by atoms with van der Waals surface area (Å²) in [6, 6.07) is 9.22. The Morgan fingerprint density at radius 2 is 2.07 bits per heavy atom. The number of nitrogens with zero attached hydrogens (tertiary/aromatic N) is 3. The fraction of sp³-hybridized carbons (Fsp3) is 0.450. The highest BCUT2D eigenvalue weighted by Gasteiger charge is 2.20. The molecule has 1 unspecified atom stereocenters. The Hall–Kier alpha value is -2.67. The lowest BCUT2D eigenvalue weighted by atomic mass is 10.2. The van der Waals surface area contributed by atoms with Gasteiger partial charge in [0, 0.05) is 25.8 Å². The molecular weight excluding hydrogens is 344 g/mol. The van der Waals surface area contributed by atoms with Crippen molar-refractivity contribution in [3.63, 3.8) is 0 Å². The average molecular weight is 368 g/mol. The molecule has 3 aromatic rings. The summed E-state index contributed by atoms with van der Waals surface area (Å²) in [5, 5.41) is 7.29. The molecule has 1 fully saturated rings. The summed E-state index contributed by atoms with van der Waals surface area (Å²) in [6.07, 6.45) is 2.04. The number of rotatable bonds is 5. The summed E-state index contributed by atoms with van der Waals surface area (Å²) in [7, 11) is 0. The third kappa shape index (κ3) is 3.35. The number of carbonyl (C=O) groups is 1. The highest BCUT2D eigenvalue weighted by atomic mass is 16.5. The number of nitrogens with one attached hydrogen (secondary N) is 1. The number of amides is 1. The van der Waals surface area contributed by atoms with Gasteiger partial charge in [0.25, 0.3) is 11.5 Å². The highest BCUT2D eigenvalue weighted by molar-refractivity contribution is 5.94. The van der Waals surface area contributed by atoms with Crippen LogP contribution in [0.4, 0.5) is 0 Å². The van der Waals surface area contributed by atoms with Crippen LogP contribution in [0.5, 0.6) is 0 Å². The predicted molar refractivity (Wildman–Crippen MR) is 103 cm³/mol. The second kappa shape index (κ2) is 7.15. The van der Waals surface area contributed by atoms with Gasteiger partial charge in [-0.3, -0.25) is 9.59 Å². The van der Waals surface area contributed by atoms with E-state index < -0.39 is 0 Å². The zero-order valence-electron chi connectivity index (χ0n) is 15.6. The summed E-state index contributed by atoms with van der Waals surface area (Å²) in [6.45, 7) is 5.97. The van der Waals surface area contributed by atoms with Gasteiger partial charge in [-0.1, -0.05) is 26.0 Å². The van der Waals surface area contributed by atoms with E-state index >= 15 is 0 Å². The zero-order chi connectivity index (χ0) is 19.0. The number of fused-ring (bicyclic) bond motifs is 3. The first-order chi connectivity index (χ1) is 13.0. The molecule has 7 nitrogen and oxygen atoms in total. The molecule has 1 N–H and O–H groups in total. The van der Waals surface area contributed by atoms with Crippen LogP contribution in [0, 0.1) is 5.92 Å². The normalized spacial score (nSPS) is 17.2. The maximum atomic E-state index is 13.0. The number of carbonyl (C=O) groups excluding carboxylic acids is 1. The van der Waals surface area contributed by atoms with Gasteiger partial charge < -0.3 is 14.6 Å². The minimum atomic E-state index is -0.284. The van der Waals surface area contributed by atoms with Gasteiger partial charge in [0.15, 0.2) is 5.69 Å². The van der Waals surface area contributed by atoms with Crippen molar-refractivity contribution in [1.82, 2.24) is 19.5 Å². The number of hydrogen-bond acceptors (Lipinski definition) is 4. The van der Waals surface area contributed by atoms with E-state index in [1.165, 1.54) is 0 Å². The number of benzene rings is 1. The van der Waals surface area contributed by atoms with Gasteiger partial charge in [-0.25, -0.2) is 4.52 Å². The van der Waals surface area contributed by atoms with Crippen molar-refractivity contribution in [1.29, 1.82) is 0 Å². The molecule has 3 heterocycles. The van der Waals surface area contributed by atoms with Gasteiger partial charge in [0.05, 0.1) is 17.1 Å². The molecule has 27 heavy (non-hydrogen) atoms. The Balaban J connectivity index is 1.74. The Labute approximate surface area is 156 Å². The molecule has 1 aromatic carbocycles. The van der Waals surface area contributed by atoms with Crippen molar-refractivity contribution in [2.75, 3.05) is 13.2 Å². The fourth-order valence-corrected chi connectivity index (χ4v) is 3.60. The van der Waals surface area contributed by atoms with Gasteiger partial charge in [-0.05, 0) is 30.9 Å². The maximum absolute atomic E-state index is 13.0. The monoisotopic (exact) mass is 368 g/mol. The van der Waals surface area contributed by atoms with E-state index in [0.717, 1.165) is 30.5 Å². The molecule has 1 atom stereocenters. The van der Waals surface area contributed by atoms with Crippen molar-refractivity contribution in [2.24, 2.45) is 5.92 Å². The first kappa shape index (κ1) is 17.7. The molecule has 1 aliphatic heterocycles. The predicted octanol–water partition coefficient (Wildman–Crippen LogP) is 2.21. The second-order valence-corrected chi connectivity index (χ2v) is 7.47. The average Bonchev–Trinajstić information content (AvgIpc) is 3.33. The van der Waals surface area contributed by atoms with Crippen molar-refractivity contribution >= 4 is 22.5 Å². The maximum Gasteiger partial charge on any atom is 0.277 e. The lowest BCUT2D eigenvalue weighted by molar-refractivity contribution is 0.0853. The molecule has 0 saturated carbocycles. The van der Waals surface area contributed by atoms with Crippen LogP contribution in [0.1, 0.15) is 37.2 Å². The van der Waals surface area contributed by atoms with E-state index in [9.17, 15) is 9.59 Å². The van der Waals surface area contributed by atoms with Gasteiger partial charge in [-0.15, -0.1) is 0 Å². The molecule has 2 aromatic heterocycles. The first-order valence-corrected chi connectivity index (χ1v) is 9.45. The third-order valence-electron chi connectivity index (χ3n) is 4.87. The largest absolute Gasteiger partial charge is 0.376 e. The van der Waals surface area contributed by atoms with Crippen molar-refractivity contribution in [2.45, 2.75) is 39.3 Å². The number of aromatic nitrogens is 3. The van der Waals surface area contributed by atoms with E-state index in [1.54, 1.807) is 15.1 Å². The summed E-state index contributed by atoms with van der Waals surface area (Å²) in [5.74, 6) is 0.0405. The summed E-state index contributed by atoms with van der Waals surface area (Å²) in [4.78, 5) is 25.6. The van der Waals surface area contributed by atoms with Crippen molar-refractivity contribution in [3.05, 3.63) is 46.4 Å². The minimum Gasteiger partial charge on any atom is -0.376 e. The summed E-state index contributed by atoms with van der Waals surface area (Å²) >= 11 is 0. The molecule has 1 aliphatic rings. The van der Waals surface area contributed by atoms with E-state index in [1.807, 2.05) is 24.3 Å². The fourth-order valence-electron chi connectivity index (χ4n) is 3.60. The summed E-state index contributed by atoms with van der Waals surface area (Å²) < 4.78 is 8.88. The molecule has 7 heteroatoms. The topological polar surface area (TPSA) is 77.6 Å². The van der Waals surface area contributed by atoms with Crippen LogP contribution in [0.2, 0.25) is 0 Å². The highest BCUT2D eigenvalue weighted by Crippen LogP contribution is 2.16. The molecule has 0 spiro atoms. The second-order valence-electron chi connectivity index (χ2n) is 7.47. The Bertz CT molecular complexity index is 1040. The van der Waals surface area contributed by atoms with Crippen LogP contribution in [-0.2, 0) is 11.3 Å². The van der Waals surface area contributed by atoms with Crippen LogP contribution in [0.15, 0.2) is 35.1 Å². The SMILES string of the molecule is CC(C)Cn1c(=O)c2cc(C(=O)NCC3CCCO3)nn2c2ccccc21. The molecule has 1 amide bonds. The standard InChI is InChI=1S/C20H24N4O3/c1-13(2)12-23-16-7-3-4-8-17(16)24-18(20(23)26)10-15(22-24)19(25)21-11-14-6-5-9-27-14/h3-4,7-8,10,13-14H,5-6,9,11-12H2,1-2H3,(H,21,25). The van der Waals surface area contributed by atoms with Crippen molar-refractivity contribution < 1.29 is 9.53 Å². The van der Waals surface area contributed by atoms with E-state index in [2.05, 4.69) is 24.3 Å². The van der Waals surface area contributed by atoms with Gasteiger partial charge in [0.2, 0.25) is 0 Å². The number of para-hydroxylation sites is 2. The molecule has 142 valence electrons. The lowest BCUT2D eigenvalue weighted by Gasteiger charge is -2.13. The van der Waals surface area contributed by atoms with Crippen molar-refractivity contribution in [3.8, 4) is 0 Å². The lowest BCUT2D eigenvalue weighted by Crippen LogP contribution is -2.32. The number of hydrogen-bond donors (Lipinski definition) is 1. The number of ether oxygens (including phenoxy) is 1. The first-order valence-electron chi connectivity index (χ1n) is 9.45. The quantitative estimate of drug-likeness (QED) is 0.749. The van der Waals surface area contributed by atoms with Crippen LogP contribution in [-0.4, -0.2) is 39.3 Å². The Morgan fingerprint density at radius 3 is 2.78 bits per heavy atom. The van der Waals surface area contributed by atoms with Gasteiger partial charge in [0.1, 0.15) is 5.52 Å². The third-order valence-corrected chi connectivity index (χ3v) is 4.87. The molecule has 4 rings (SSSR count). The molecule has 0 radical (unpaired) electrons. The van der Waals surface area contributed by atoms with Crippen LogP contribution in [0.25, 0.3) is 16.6 Å². The minimum absolute atomic E-state index is 0.0649. The Kier molecular flexibility index (Phi) is 4.70. The smallest absolute Gasteiger partial charge is 0.277 e. The van der Waals surface area contributed by atoms with Crippen LogP contribution < -0.4 is 10.9 Å². The van der Waals surface area contributed by atoms with Crippen LogP contribution in [0.3, 0.4) is 0 Å². The molecule has 1 saturated heterocycles. The van der Waals surface area contributed by atoms with E-state index in [-0.39, 0.29) is 23.3 Å². The van der Waals surface area contributed by atoms with E-state index in [0.29, 0.717) is 24.5 Å². The van der Waals surface area contributed by atoms with Gasteiger partial charge in [-0.2, -0.15) is 5.10 Å². The molecule has 0 bridgehead atoms. The Morgan fingerprint density at radius 1 is 1.30 bits per heavy atom. The van der Waals surface area contributed by atoms with Gasteiger partial charge >= 0.3 is 0 Å². The summed E-state index contributed by atoms with van der Waals surface area (Å²) in [5.41, 5.74) is 2.16. The molecular formula is C20H24N4O3. The van der Waals surface area contributed by atoms with Crippen LogP contribution >= 0.6 is 0 Å². The molecule has 0 aliphatic carbocycles.